The van der Waals surface area contributed by atoms with Gasteiger partial charge in [-0.25, -0.2) is 4.98 Å². The number of benzene rings is 1. The number of aryl methyl sites for hydroxylation is 1. The fraction of sp³-hybridized carbons (Fsp3) is 0.444. The third kappa shape index (κ3) is 4.11. The minimum Gasteiger partial charge on any atom is -0.495 e. The Morgan fingerprint density at radius 2 is 2.35 bits per heavy atom. The van der Waals surface area contributed by atoms with E-state index in [4.69, 9.17) is 16.3 Å². The number of aromatic nitrogens is 2. The van der Waals surface area contributed by atoms with Crippen LogP contribution in [-0.2, 0) is 11.8 Å². The molecule has 1 aliphatic heterocycles. The van der Waals surface area contributed by atoms with Crippen LogP contribution in [0, 0.1) is 0 Å². The summed E-state index contributed by atoms with van der Waals surface area (Å²) in [6, 6.07) is 5.33. The van der Waals surface area contributed by atoms with Gasteiger partial charge in [0.2, 0.25) is 5.91 Å². The molecule has 1 atom stereocenters. The number of nitrogens with one attached hydrogen (secondary N) is 2. The van der Waals surface area contributed by atoms with E-state index >= 15 is 0 Å². The van der Waals surface area contributed by atoms with Crippen LogP contribution in [0.25, 0.3) is 0 Å². The Morgan fingerprint density at radius 1 is 1.50 bits per heavy atom. The zero-order valence-electron chi connectivity index (χ0n) is 15.0. The van der Waals surface area contributed by atoms with Gasteiger partial charge >= 0.3 is 0 Å². The number of halogens is 1. The van der Waals surface area contributed by atoms with Crippen molar-refractivity contribution in [2.75, 3.05) is 38.6 Å². The van der Waals surface area contributed by atoms with E-state index in [2.05, 4.69) is 15.6 Å². The van der Waals surface area contributed by atoms with Gasteiger partial charge in [-0.3, -0.25) is 4.79 Å². The van der Waals surface area contributed by atoms with Gasteiger partial charge in [0.05, 0.1) is 12.8 Å². The molecule has 0 saturated carbocycles. The highest BCUT2D eigenvalue weighted by Gasteiger charge is 2.29. The van der Waals surface area contributed by atoms with Crippen LogP contribution >= 0.6 is 11.6 Å². The van der Waals surface area contributed by atoms with Crippen LogP contribution in [0.15, 0.2) is 30.6 Å². The predicted octanol–water partition coefficient (Wildman–Crippen LogP) is 2.06. The summed E-state index contributed by atoms with van der Waals surface area (Å²) in [6.45, 7) is 2.69. The molecule has 1 amide bonds. The van der Waals surface area contributed by atoms with Gasteiger partial charge in [0, 0.05) is 57.1 Å². The van der Waals surface area contributed by atoms with Crippen molar-refractivity contribution in [1.29, 1.82) is 0 Å². The summed E-state index contributed by atoms with van der Waals surface area (Å²) in [5, 5.41) is 7.21. The normalized spacial score (nSPS) is 17.2. The number of piperazine rings is 1. The molecule has 7 nitrogen and oxygen atoms in total. The van der Waals surface area contributed by atoms with E-state index in [1.165, 1.54) is 0 Å². The van der Waals surface area contributed by atoms with Gasteiger partial charge in [0.15, 0.2) is 0 Å². The quantitative estimate of drug-likeness (QED) is 0.806. The van der Waals surface area contributed by atoms with E-state index in [0.29, 0.717) is 36.8 Å². The van der Waals surface area contributed by atoms with Gasteiger partial charge < -0.3 is 24.8 Å². The molecule has 1 aliphatic rings. The summed E-state index contributed by atoms with van der Waals surface area (Å²) in [7, 11) is 3.56. The van der Waals surface area contributed by atoms with Crippen LogP contribution in [0.4, 0.5) is 5.69 Å². The number of hydrogen-bond acceptors (Lipinski definition) is 5. The van der Waals surface area contributed by atoms with E-state index in [9.17, 15) is 4.79 Å². The van der Waals surface area contributed by atoms with Crippen molar-refractivity contribution in [2.45, 2.75) is 12.5 Å². The van der Waals surface area contributed by atoms with Gasteiger partial charge in [-0.1, -0.05) is 11.6 Å². The number of hydrogen-bond donors (Lipinski definition) is 2. The van der Waals surface area contributed by atoms with Crippen LogP contribution < -0.4 is 15.4 Å². The molecular weight excluding hydrogens is 354 g/mol. The highest BCUT2D eigenvalue weighted by atomic mass is 35.5. The fourth-order valence-corrected chi connectivity index (χ4v) is 3.37. The van der Waals surface area contributed by atoms with Crippen molar-refractivity contribution in [3.8, 4) is 5.75 Å². The molecule has 2 N–H and O–H groups in total. The Balaban J connectivity index is 1.62. The zero-order chi connectivity index (χ0) is 18.5. The molecule has 2 aromatic rings. The minimum atomic E-state index is -0.0445. The second kappa shape index (κ2) is 8.42. The van der Waals surface area contributed by atoms with E-state index < -0.39 is 0 Å². The van der Waals surface area contributed by atoms with Crippen molar-refractivity contribution in [2.24, 2.45) is 7.05 Å². The first-order valence-electron chi connectivity index (χ1n) is 8.65. The van der Waals surface area contributed by atoms with Crippen LogP contribution in [0.1, 0.15) is 18.3 Å². The van der Waals surface area contributed by atoms with Gasteiger partial charge in [-0.2, -0.15) is 0 Å². The van der Waals surface area contributed by atoms with Gasteiger partial charge in [-0.15, -0.1) is 0 Å². The number of ether oxygens (including phenoxy) is 1. The predicted molar refractivity (Wildman–Crippen MR) is 102 cm³/mol. The molecule has 1 unspecified atom stereocenters. The molecule has 0 bridgehead atoms. The van der Waals surface area contributed by atoms with Crippen molar-refractivity contribution in [3.05, 3.63) is 41.4 Å². The lowest BCUT2D eigenvalue weighted by Crippen LogP contribution is -2.49. The number of carbonyl (C=O) groups excluding carboxylic acids is 1. The molecule has 2 heterocycles. The molecule has 0 spiro atoms. The second-order valence-electron chi connectivity index (χ2n) is 6.22. The monoisotopic (exact) mass is 377 g/mol. The lowest BCUT2D eigenvalue weighted by Gasteiger charge is -2.36. The third-order valence-corrected chi connectivity index (χ3v) is 4.77. The molecule has 8 heteroatoms. The summed E-state index contributed by atoms with van der Waals surface area (Å²) < 4.78 is 7.28. The highest BCUT2D eigenvalue weighted by molar-refractivity contribution is 6.30. The van der Waals surface area contributed by atoms with E-state index in [0.717, 1.165) is 18.1 Å². The molecule has 1 fully saturated rings. The first-order valence-corrected chi connectivity index (χ1v) is 9.02. The number of rotatable bonds is 6. The van der Waals surface area contributed by atoms with E-state index in [1.54, 1.807) is 31.5 Å². The number of imidazole rings is 1. The van der Waals surface area contributed by atoms with Crippen LogP contribution in [0.5, 0.6) is 5.75 Å². The molecule has 0 radical (unpaired) electrons. The van der Waals surface area contributed by atoms with Crippen molar-refractivity contribution in [3.63, 3.8) is 0 Å². The summed E-state index contributed by atoms with van der Waals surface area (Å²) in [4.78, 5) is 19.1. The summed E-state index contributed by atoms with van der Waals surface area (Å²) in [5.41, 5.74) is 0.786. The van der Waals surface area contributed by atoms with E-state index in [-0.39, 0.29) is 11.9 Å². The first-order chi connectivity index (χ1) is 12.6. The Labute approximate surface area is 158 Å². The average molecular weight is 378 g/mol. The van der Waals surface area contributed by atoms with Crippen LogP contribution in [-0.4, -0.2) is 53.6 Å². The average Bonchev–Trinajstić information content (AvgIpc) is 3.07. The lowest BCUT2D eigenvalue weighted by atomic mass is 10.1. The second-order valence-corrected chi connectivity index (χ2v) is 6.66. The molecule has 140 valence electrons. The third-order valence-electron chi connectivity index (χ3n) is 4.54. The maximum Gasteiger partial charge on any atom is 0.225 e. The van der Waals surface area contributed by atoms with Gasteiger partial charge in [-0.05, 0) is 18.2 Å². The van der Waals surface area contributed by atoms with E-state index in [1.807, 2.05) is 22.7 Å². The zero-order valence-corrected chi connectivity index (χ0v) is 15.8. The molecule has 1 aromatic heterocycles. The summed E-state index contributed by atoms with van der Waals surface area (Å²) >= 11 is 6.04. The molecule has 0 aliphatic carbocycles. The van der Waals surface area contributed by atoms with Crippen LogP contribution in [0.2, 0.25) is 5.02 Å². The Hall–Kier alpha value is -2.25. The topological polar surface area (TPSA) is 71.4 Å². The number of methoxy groups -OCH3 is 1. The maximum atomic E-state index is 12.8. The molecule has 1 saturated heterocycles. The van der Waals surface area contributed by atoms with Gasteiger partial charge in [0.1, 0.15) is 17.6 Å². The molecule has 26 heavy (non-hydrogen) atoms. The molecular formula is C18H24ClN5O2. The number of carbonyl (C=O) groups is 1. The Kier molecular flexibility index (Phi) is 6.00. The highest BCUT2D eigenvalue weighted by Crippen LogP contribution is 2.28. The summed E-state index contributed by atoms with van der Waals surface area (Å²) in [6.07, 6.45) is 4.05. The Morgan fingerprint density at radius 3 is 3.08 bits per heavy atom. The number of amides is 1. The standard InChI is InChI=1S/C18H24ClN5O2/c1-23-9-8-22-18(23)15-12-20-7-10-24(15)17(25)5-6-21-14-11-13(19)3-4-16(14)26-2/h3-4,8-9,11,15,20-21H,5-7,10,12H2,1-2H3. The van der Waals surface area contributed by atoms with Crippen molar-refractivity contribution < 1.29 is 9.53 Å². The lowest BCUT2D eigenvalue weighted by molar-refractivity contribution is -0.134. The molecule has 1 aromatic carbocycles. The van der Waals surface area contributed by atoms with Crippen LogP contribution in [0.3, 0.4) is 0 Å². The SMILES string of the molecule is COc1ccc(Cl)cc1NCCC(=O)N1CCNCC1c1nccn1C. The number of anilines is 1. The Bertz CT molecular complexity index is 764. The fourth-order valence-electron chi connectivity index (χ4n) is 3.20. The molecule has 3 rings (SSSR count). The largest absolute Gasteiger partial charge is 0.495 e. The van der Waals surface area contributed by atoms with Gasteiger partial charge in [0.25, 0.3) is 0 Å². The van der Waals surface area contributed by atoms with Crippen molar-refractivity contribution in [1.82, 2.24) is 19.8 Å². The van der Waals surface area contributed by atoms with Crippen molar-refractivity contribution >= 4 is 23.2 Å². The maximum absolute atomic E-state index is 12.8. The summed E-state index contributed by atoms with van der Waals surface area (Å²) in [5.74, 6) is 1.71. The first kappa shape index (κ1) is 18.5. The minimum absolute atomic E-state index is 0.0445. The number of nitrogens with zero attached hydrogens (tertiary/aromatic N) is 3. The smallest absolute Gasteiger partial charge is 0.225 e.